The number of nitrogens with one attached hydrogen (secondary N) is 1. The second-order valence-electron chi connectivity index (χ2n) is 7.83. The quantitative estimate of drug-likeness (QED) is 0.177. The lowest BCUT2D eigenvalue weighted by Crippen LogP contribution is -2.17. The number of aromatic hydroxyl groups is 3. The Labute approximate surface area is 187 Å². The molecule has 5 aromatic rings. The zero-order valence-corrected chi connectivity index (χ0v) is 17.3. The van der Waals surface area contributed by atoms with E-state index in [0.717, 1.165) is 16.5 Å². The monoisotopic (exact) mass is 441 g/mol. The van der Waals surface area contributed by atoms with Crippen LogP contribution in [0.25, 0.3) is 21.9 Å². The third-order valence-electron chi connectivity index (χ3n) is 5.85. The first-order valence-electron chi connectivity index (χ1n) is 10.3. The van der Waals surface area contributed by atoms with Crippen molar-refractivity contribution in [1.29, 1.82) is 0 Å². The van der Waals surface area contributed by atoms with E-state index >= 15 is 0 Å². The Bertz CT molecular complexity index is 1580. The molecule has 2 aromatic heterocycles. The number of hydrogen-bond donors (Lipinski definition) is 4. The fourth-order valence-electron chi connectivity index (χ4n) is 4.21. The van der Waals surface area contributed by atoms with E-state index in [2.05, 4.69) is 4.98 Å². The van der Waals surface area contributed by atoms with Gasteiger partial charge in [0.25, 0.3) is 0 Å². The van der Waals surface area contributed by atoms with Gasteiger partial charge in [0.05, 0.1) is 5.39 Å². The smallest absolute Gasteiger partial charge is 0.351 e. The van der Waals surface area contributed by atoms with E-state index in [9.17, 15) is 24.9 Å². The van der Waals surface area contributed by atoms with Crippen LogP contribution in [0.5, 0.6) is 17.2 Å². The largest absolute Gasteiger partial charge is 0.506 e. The van der Waals surface area contributed by atoms with Crippen LogP contribution in [0, 0.1) is 0 Å². The normalized spacial score (nSPS) is 12.2. The molecule has 7 nitrogen and oxygen atoms in total. The maximum atomic E-state index is 13.4. The molecule has 7 heteroatoms. The molecule has 0 saturated heterocycles. The van der Waals surface area contributed by atoms with Crippen LogP contribution < -0.4 is 5.63 Å². The summed E-state index contributed by atoms with van der Waals surface area (Å²) in [7, 11) is 0. The minimum atomic E-state index is -0.914. The summed E-state index contributed by atoms with van der Waals surface area (Å²) < 4.78 is 5.26. The predicted octanol–water partition coefficient (Wildman–Crippen LogP) is 4.80. The van der Waals surface area contributed by atoms with E-state index in [4.69, 9.17) is 4.42 Å². The zero-order chi connectivity index (χ0) is 23.1. The number of para-hydroxylation sites is 2. The van der Waals surface area contributed by atoms with Crippen LogP contribution in [0.3, 0.4) is 0 Å². The molecule has 0 bridgehead atoms. The number of phenols is 2. The van der Waals surface area contributed by atoms with Crippen molar-refractivity contribution < 1.29 is 24.5 Å². The summed E-state index contributed by atoms with van der Waals surface area (Å²) in [5.74, 6) is -2.20. The molecule has 0 saturated carbocycles. The first-order valence-corrected chi connectivity index (χ1v) is 10.3. The lowest BCUT2D eigenvalue weighted by molar-refractivity contribution is 0.0971. The predicted molar refractivity (Wildman–Crippen MR) is 123 cm³/mol. The lowest BCUT2D eigenvalue weighted by Gasteiger charge is -2.17. The standard InChI is InChI=1S/C26H19NO6/c28-20-10-9-14(11-21(20)29)17(18-13-27-19-7-3-1-5-15(18)19)12-22(30)24-25(31)16-6-2-4-8-23(16)33-26(24)32/h1-11,13,17,27-29,31H,12H2. The number of phenolic OH excluding ortho intramolecular Hbond substituents is 2. The minimum absolute atomic E-state index is 0.178. The first kappa shape index (κ1) is 20.4. The maximum Gasteiger partial charge on any atom is 0.351 e. The van der Waals surface area contributed by atoms with Crippen LogP contribution in [0.2, 0.25) is 0 Å². The molecule has 5 rings (SSSR count). The summed E-state index contributed by atoms with van der Waals surface area (Å²) in [4.78, 5) is 29.1. The average molecular weight is 441 g/mol. The summed E-state index contributed by atoms with van der Waals surface area (Å²) in [6.07, 6.45) is 1.60. The Balaban J connectivity index is 1.64. The number of H-pyrrole nitrogens is 1. The highest BCUT2D eigenvalue weighted by Crippen LogP contribution is 2.38. The van der Waals surface area contributed by atoms with Gasteiger partial charge in [-0.25, -0.2) is 4.79 Å². The van der Waals surface area contributed by atoms with Crippen LogP contribution in [0.15, 0.2) is 82.1 Å². The number of carbonyl (C=O) groups is 1. The number of rotatable bonds is 5. The molecule has 0 fully saturated rings. The second-order valence-corrected chi connectivity index (χ2v) is 7.83. The Morgan fingerprint density at radius 1 is 0.909 bits per heavy atom. The molecule has 1 atom stereocenters. The molecular formula is C26H19NO6. The third-order valence-corrected chi connectivity index (χ3v) is 5.85. The van der Waals surface area contributed by atoms with Gasteiger partial charge >= 0.3 is 5.63 Å². The number of aromatic amines is 1. The average Bonchev–Trinajstić information content (AvgIpc) is 3.23. The molecule has 0 aliphatic heterocycles. The fourth-order valence-corrected chi connectivity index (χ4v) is 4.21. The van der Waals surface area contributed by atoms with Gasteiger partial charge in [-0.05, 0) is 41.5 Å². The molecule has 3 aromatic carbocycles. The van der Waals surface area contributed by atoms with Crippen molar-refractivity contribution in [2.75, 3.05) is 0 Å². The molecule has 0 radical (unpaired) electrons. The first-order chi connectivity index (χ1) is 15.9. The Hall–Kier alpha value is -4.52. The SMILES string of the molecule is O=C(CC(c1ccc(O)c(O)c1)c1c[nH]c2ccccc12)c1c(O)c2ccccc2oc1=O. The van der Waals surface area contributed by atoms with E-state index in [0.29, 0.717) is 5.56 Å². The van der Waals surface area contributed by atoms with Gasteiger partial charge in [-0.2, -0.15) is 0 Å². The number of Topliss-reactive ketones (excluding diaryl/α,β-unsaturated/α-hetero) is 1. The van der Waals surface area contributed by atoms with Crippen LogP contribution in [0.1, 0.15) is 33.8 Å². The topological polar surface area (TPSA) is 124 Å². The Kier molecular flexibility index (Phi) is 4.86. The van der Waals surface area contributed by atoms with Crippen LogP contribution in [0.4, 0.5) is 0 Å². The molecule has 0 spiro atoms. The number of benzene rings is 3. The third kappa shape index (κ3) is 3.49. The van der Waals surface area contributed by atoms with Gasteiger partial charge < -0.3 is 24.7 Å². The van der Waals surface area contributed by atoms with Crippen LogP contribution >= 0.6 is 0 Å². The lowest BCUT2D eigenvalue weighted by atomic mass is 9.85. The van der Waals surface area contributed by atoms with E-state index in [-0.39, 0.29) is 28.9 Å². The van der Waals surface area contributed by atoms with Gasteiger partial charge in [-0.15, -0.1) is 0 Å². The molecule has 164 valence electrons. The van der Waals surface area contributed by atoms with Gasteiger partial charge in [0.1, 0.15) is 16.9 Å². The summed E-state index contributed by atoms with van der Waals surface area (Å²) in [5, 5.41) is 31.7. The van der Waals surface area contributed by atoms with E-state index in [1.807, 2.05) is 24.3 Å². The Morgan fingerprint density at radius 2 is 1.64 bits per heavy atom. The number of carbonyl (C=O) groups excluding carboxylic acids is 1. The van der Waals surface area contributed by atoms with Gasteiger partial charge in [0.15, 0.2) is 17.3 Å². The fraction of sp³-hybridized carbons (Fsp3) is 0.0769. The summed E-state index contributed by atoms with van der Waals surface area (Å²) in [6, 6.07) is 18.3. The highest BCUT2D eigenvalue weighted by Gasteiger charge is 2.27. The second kappa shape index (κ2) is 7.87. The molecule has 4 N–H and O–H groups in total. The molecule has 2 heterocycles. The van der Waals surface area contributed by atoms with Crippen LogP contribution in [-0.4, -0.2) is 26.1 Å². The summed E-state index contributed by atoms with van der Waals surface area (Å²) in [6.45, 7) is 0. The Morgan fingerprint density at radius 3 is 2.42 bits per heavy atom. The van der Waals surface area contributed by atoms with Gasteiger partial charge in [0, 0.05) is 29.4 Å². The highest BCUT2D eigenvalue weighted by atomic mass is 16.4. The maximum absolute atomic E-state index is 13.4. The molecule has 0 amide bonds. The molecular weight excluding hydrogens is 422 g/mol. The van der Waals surface area contributed by atoms with Crippen LogP contribution in [-0.2, 0) is 0 Å². The summed E-state index contributed by atoms with van der Waals surface area (Å²) in [5.41, 5.74) is 1.06. The number of fused-ring (bicyclic) bond motifs is 2. The highest BCUT2D eigenvalue weighted by molar-refractivity contribution is 6.03. The number of hydrogen-bond acceptors (Lipinski definition) is 6. The van der Waals surface area contributed by atoms with Crippen molar-refractivity contribution in [2.24, 2.45) is 0 Å². The zero-order valence-electron chi connectivity index (χ0n) is 17.3. The number of ketones is 1. The van der Waals surface area contributed by atoms with Gasteiger partial charge in [-0.3, -0.25) is 4.79 Å². The van der Waals surface area contributed by atoms with Crippen molar-refractivity contribution in [1.82, 2.24) is 4.98 Å². The van der Waals surface area contributed by atoms with Crippen molar-refractivity contribution in [3.8, 4) is 17.2 Å². The van der Waals surface area contributed by atoms with Crippen molar-refractivity contribution >= 4 is 27.7 Å². The number of aromatic nitrogens is 1. The van der Waals surface area contributed by atoms with E-state index in [1.54, 1.807) is 36.5 Å². The van der Waals surface area contributed by atoms with E-state index < -0.39 is 28.6 Å². The summed E-state index contributed by atoms with van der Waals surface area (Å²) >= 11 is 0. The van der Waals surface area contributed by atoms with Crippen molar-refractivity contribution in [2.45, 2.75) is 12.3 Å². The molecule has 0 aliphatic rings. The molecule has 33 heavy (non-hydrogen) atoms. The van der Waals surface area contributed by atoms with Crippen molar-refractivity contribution in [3.05, 3.63) is 100 Å². The molecule has 0 aliphatic carbocycles. The van der Waals surface area contributed by atoms with Gasteiger partial charge in [0.2, 0.25) is 0 Å². The van der Waals surface area contributed by atoms with Crippen molar-refractivity contribution in [3.63, 3.8) is 0 Å². The van der Waals surface area contributed by atoms with E-state index in [1.165, 1.54) is 12.1 Å². The molecule has 1 unspecified atom stereocenters. The van der Waals surface area contributed by atoms with Gasteiger partial charge in [-0.1, -0.05) is 36.4 Å². The minimum Gasteiger partial charge on any atom is -0.506 e.